The zero-order valence-corrected chi connectivity index (χ0v) is 17.6. The first kappa shape index (κ1) is 20.9. The fourth-order valence-electron chi connectivity index (χ4n) is 5.00. The zero-order valence-electron chi connectivity index (χ0n) is 17.6. The van der Waals surface area contributed by atoms with Crippen LogP contribution in [-0.4, -0.2) is 39.2 Å². The highest BCUT2D eigenvalue weighted by Crippen LogP contribution is 2.39. The van der Waals surface area contributed by atoms with Gasteiger partial charge in [0, 0.05) is 24.6 Å². The maximum Gasteiger partial charge on any atom is 0.223 e. The maximum absolute atomic E-state index is 13.0. The van der Waals surface area contributed by atoms with Crippen LogP contribution in [0.15, 0.2) is 54.6 Å². The van der Waals surface area contributed by atoms with Gasteiger partial charge in [-0.3, -0.25) is 9.69 Å². The fraction of sp³-hybridized carbons (Fsp3) is 0.480. The van der Waals surface area contributed by atoms with Crippen LogP contribution in [-0.2, 0) is 11.3 Å². The molecule has 2 fully saturated rings. The van der Waals surface area contributed by atoms with Gasteiger partial charge in [-0.05, 0) is 37.8 Å². The van der Waals surface area contributed by atoms with Crippen LogP contribution in [0.5, 0.6) is 5.75 Å². The van der Waals surface area contributed by atoms with Gasteiger partial charge in [0.1, 0.15) is 5.75 Å². The number of para-hydroxylation sites is 1. The number of aromatic hydroxyl groups is 1. The van der Waals surface area contributed by atoms with Crippen LogP contribution in [0.1, 0.15) is 56.2 Å². The number of nitrogens with one attached hydrogen (secondary N) is 1. The second-order valence-corrected chi connectivity index (χ2v) is 9.03. The Morgan fingerprint density at radius 1 is 1.10 bits per heavy atom. The minimum atomic E-state index is -1.01. The van der Waals surface area contributed by atoms with Gasteiger partial charge in [0.25, 0.3) is 0 Å². The molecule has 0 spiro atoms. The van der Waals surface area contributed by atoms with Crippen LogP contribution >= 0.6 is 0 Å². The molecule has 0 unspecified atom stereocenters. The molecule has 1 saturated carbocycles. The lowest BCUT2D eigenvalue weighted by molar-refractivity contribution is -0.132. The third kappa shape index (κ3) is 4.37. The van der Waals surface area contributed by atoms with Gasteiger partial charge in [0.15, 0.2) is 0 Å². The van der Waals surface area contributed by atoms with E-state index >= 15 is 0 Å². The number of likely N-dealkylation sites (tertiary alicyclic amines) is 1. The zero-order chi connectivity index (χ0) is 21.1. The molecule has 5 heteroatoms. The molecule has 2 aromatic rings. The van der Waals surface area contributed by atoms with Crippen molar-refractivity contribution < 1.29 is 15.0 Å². The topological polar surface area (TPSA) is 72.8 Å². The van der Waals surface area contributed by atoms with Gasteiger partial charge in [-0.15, -0.1) is 0 Å². The van der Waals surface area contributed by atoms with Crippen molar-refractivity contribution in [2.24, 2.45) is 5.92 Å². The summed E-state index contributed by atoms with van der Waals surface area (Å²) in [5, 5.41) is 24.9. The van der Waals surface area contributed by atoms with Gasteiger partial charge in [-0.2, -0.15) is 0 Å². The van der Waals surface area contributed by atoms with Crippen molar-refractivity contribution in [1.29, 1.82) is 0 Å². The summed E-state index contributed by atoms with van der Waals surface area (Å²) in [6, 6.07) is 16.8. The summed E-state index contributed by atoms with van der Waals surface area (Å²) in [6.07, 6.45) is 4.61. The van der Waals surface area contributed by atoms with Crippen LogP contribution in [0.4, 0.5) is 0 Å². The summed E-state index contributed by atoms with van der Waals surface area (Å²) in [6.45, 7) is 3.06. The first-order chi connectivity index (χ1) is 14.5. The minimum Gasteiger partial charge on any atom is -0.508 e. The number of piperidine rings is 1. The molecule has 3 N–H and O–H groups in total. The second kappa shape index (κ2) is 8.78. The van der Waals surface area contributed by atoms with Crippen LogP contribution in [0.2, 0.25) is 0 Å². The number of hydrogen-bond donors (Lipinski definition) is 3. The van der Waals surface area contributed by atoms with Crippen LogP contribution in [0.25, 0.3) is 0 Å². The molecule has 1 heterocycles. The third-order valence-corrected chi connectivity index (χ3v) is 6.81. The van der Waals surface area contributed by atoms with E-state index in [2.05, 4.69) is 22.3 Å². The molecule has 4 rings (SSSR count). The number of hydrogen-bond acceptors (Lipinski definition) is 4. The second-order valence-electron chi connectivity index (χ2n) is 9.03. The summed E-state index contributed by atoms with van der Waals surface area (Å²) in [5.74, 6) is 0.377. The van der Waals surface area contributed by atoms with E-state index in [0.29, 0.717) is 19.5 Å². The number of carbonyl (C=O) groups excluding carboxylic acids is 1. The number of phenols is 1. The first-order valence-electron chi connectivity index (χ1n) is 11.0. The molecule has 5 nitrogen and oxygen atoms in total. The van der Waals surface area contributed by atoms with E-state index in [1.54, 1.807) is 6.07 Å². The van der Waals surface area contributed by atoms with Crippen molar-refractivity contribution in [3.05, 3.63) is 65.7 Å². The molecule has 160 valence electrons. The van der Waals surface area contributed by atoms with E-state index in [1.165, 1.54) is 0 Å². The summed E-state index contributed by atoms with van der Waals surface area (Å²) in [7, 11) is 0. The molecule has 1 saturated heterocycles. The number of nitrogens with zero attached hydrogens (tertiary/aromatic N) is 1. The summed E-state index contributed by atoms with van der Waals surface area (Å²) >= 11 is 0. The predicted molar refractivity (Wildman–Crippen MR) is 117 cm³/mol. The lowest BCUT2D eigenvalue weighted by Crippen LogP contribution is -2.62. The molecule has 30 heavy (non-hydrogen) atoms. The van der Waals surface area contributed by atoms with Gasteiger partial charge in [0.2, 0.25) is 5.91 Å². The molecule has 1 aliphatic heterocycles. The van der Waals surface area contributed by atoms with Gasteiger partial charge in [-0.25, -0.2) is 0 Å². The third-order valence-electron chi connectivity index (χ3n) is 6.81. The van der Waals surface area contributed by atoms with Crippen molar-refractivity contribution in [3.63, 3.8) is 0 Å². The van der Waals surface area contributed by atoms with E-state index in [-0.39, 0.29) is 23.6 Å². The monoisotopic (exact) mass is 408 g/mol. The highest BCUT2D eigenvalue weighted by molar-refractivity contribution is 5.79. The molecular weight excluding hydrogens is 376 g/mol. The van der Waals surface area contributed by atoms with E-state index in [4.69, 9.17) is 0 Å². The number of rotatable bonds is 5. The van der Waals surface area contributed by atoms with Crippen LogP contribution < -0.4 is 5.32 Å². The Bertz CT molecular complexity index is 862. The first-order valence-corrected chi connectivity index (χ1v) is 11.0. The highest BCUT2D eigenvalue weighted by atomic mass is 16.3. The smallest absolute Gasteiger partial charge is 0.223 e. The Labute approximate surface area is 178 Å². The number of benzene rings is 2. The summed E-state index contributed by atoms with van der Waals surface area (Å²) < 4.78 is 0. The quantitative estimate of drug-likeness (QED) is 0.704. The van der Waals surface area contributed by atoms with Gasteiger partial charge >= 0.3 is 0 Å². The van der Waals surface area contributed by atoms with E-state index in [9.17, 15) is 15.0 Å². The standard InChI is InChI=1S/C25H32N2O3/c1-25(30)15-16-27(17-20-13-7-8-14-21(20)28)22(18-9-3-2-4-10-18)23(25)26-24(29)19-11-5-6-12-19/h2-4,7-10,13-14,19,22-23,28,30H,5-6,11-12,15-17H2,1H3,(H,26,29)/t22-,23-,25+/m0/s1. The fourth-order valence-corrected chi connectivity index (χ4v) is 5.00. The SMILES string of the molecule is C[C@@]1(O)CCN(Cc2ccccc2O)[C@@H](c2ccccc2)[C@@H]1NC(=O)C1CCCC1. The van der Waals surface area contributed by atoms with Crippen LogP contribution in [0, 0.1) is 5.92 Å². The van der Waals surface area contributed by atoms with Gasteiger partial charge < -0.3 is 15.5 Å². The van der Waals surface area contributed by atoms with E-state index < -0.39 is 11.6 Å². The lowest BCUT2D eigenvalue weighted by atomic mass is 9.79. The minimum absolute atomic E-state index is 0.0470. The predicted octanol–water partition coefficient (Wildman–Crippen LogP) is 3.77. The highest BCUT2D eigenvalue weighted by Gasteiger charge is 2.46. The van der Waals surface area contributed by atoms with Crippen molar-refractivity contribution in [1.82, 2.24) is 10.2 Å². The molecular formula is C25H32N2O3. The van der Waals surface area contributed by atoms with E-state index in [1.807, 2.05) is 43.3 Å². The number of carbonyl (C=O) groups is 1. The van der Waals surface area contributed by atoms with Gasteiger partial charge in [0.05, 0.1) is 17.7 Å². The maximum atomic E-state index is 13.0. The number of phenolic OH excluding ortho intramolecular Hbond substituents is 1. The molecule has 1 amide bonds. The van der Waals surface area contributed by atoms with E-state index in [0.717, 1.165) is 36.8 Å². The Kier molecular flexibility index (Phi) is 6.11. The number of amides is 1. The summed E-state index contributed by atoms with van der Waals surface area (Å²) in [5.41, 5.74) is 0.898. The molecule has 3 atom stereocenters. The summed E-state index contributed by atoms with van der Waals surface area (Å²) in [4.78, 5) is 15.3. The van der Waals surface area contributed by atoms with Gasteiger partial charge in [-0.1, -0.05) is 61.4 Å². The molecule has 0 aromatic heterocycles. The van der Waals surface area contributed by atoms with Crippen molar-refractivity contribution in [3.8, 4) is 5.75 Å². The molecule has 2 aliphatic rings. The average molecular weight is 409 g/mol. The van der Waals surface area contributed by atoms with Crippen LogP contribution in [0.3, 0.4) is 0 Å². The van der Waals surface area contributed by atoms with Crippen molar-refractivity contribution >= 4 is 5.91 Å². The lowest BCUT2D eigenvalue weighted by Gasteiger charge is -2.49. The number of aliphatic hydroxyl groups is 1. The Morgan fingerprint density at radius 3 is 2.47 bits per heavy atom. The Balaban J connectivity index is 1.66. The molecule has 0 bridgehead atoms. The molecule has 2 aromatic carbocycles. The largest absolute Gasteiger partial charge is 0.508 e. The average Bonchev–Trinajstić information content (AvgIpc) is 3.28. The molecule has 0 radical (unpaired) electrons. The Morgan fingerprint density at radius 2 is 1.77 bits per heavy atom. The molecule has 1 aliphatic carbocycles. The normalized spacial score (nSPS) is 27.8. The van der Waals surface area contributed by atoms with Crippen molar-refractivity contribution in [2.75, 3.05) is 6.54 Å². The Hall–Kier alpha value is -2.37. The van der Waals surface area contributed by atoms with Crippen molar-refractivity contribution in [2.45, 2.75) is 63.3 Å².